The Kier molecular flexibility index (Phi) is 11.6. The van der Waals surface area contributed by atoms with Crippen LogP contribution in [-0.4, -0.2) is 79.3 Å². The number of amides is 1. The number of allylic oxidation sites excluding steroid dienone is 2. The summed E-state index contributed by atoms with van der Waals surface area (Å²) in [5.74, 6) is 0.331. The second-order valence-electron chi connectivity index (χ2n) is 10.8. The molecule has 3 N–H and O–H groups in total. The number of epoxide rings is 1. The summed E-state index contributed by atoms with van der Waals surface area (Å²) in [5.41, 5.74) is 3.01. The van der Waals surface area contributed by atoms with Crippen LogP contribution >= 0.6 is 0 Å². The van der Waals surface area contributed by atoms with Crippen molar-refractivity contribution in [3.05, 3.63) is 23.8 Å². The molecule has 0 aromatic heterocycles. The molecule has 1 amide bonds. The molecule has 3 rings (SSSR count). The summed E-state index contributed by atoms with van der Waals surface area (Å²) in [6.07, 6.45) is 8.47. The molecular weight excluding hydrogens is 476 g/mol. The zero-order valence-corrected chi connectivity index (χ0v) is 23.4. The highest BCUT2D eigenvalue weighted by molar-refractivity contribution is 5.76. The molecule has 3 fully saturated rings. The van der Waals surface area contributed by atoms with Gasteiger partial charge in [0.25, 0.3) is 0 Å². The first-order valence-corrected chi connectivity index (χ1v) is 13.9. The lowest BCUT2D eigenvalue weighted by molar-refractivity contribution is -0.226. The van der Waals surface area contributed by atoms with E-state index >= 15 is 0 Å². The van der Waals surface area contributed by atoms with Crippen molar-refractivity contribution in [1.29, 1.82) is 0 Å². The van der Waals surface area contributed by atoms with E-state index in [1.165, 1.54) is 0 Å². The predicted octanol–water partition coefficient (Wildman–Crippen LogP) is 3.65. The molecule has 212 valence electrons. The standard InChI is InChI=1S/C28H48N2O7/c1-7-13-29-26(31)15-22-16-28(17-34-28)27(36-21(6)33-8-2)25(37-22)12-10-18(3)9-11-24-19(4)14-23(30-32)20(5)35-24/h9-10,12,19-25,27,30,32H,7-8,11,13-17H2,1-6H3,(H,29,31)/b12-10+,18-9+/t19-,20+,21?,22+,23+,24-,25+,27+,28+/m0/s1. The molecule has 9 atom stereocenters. The van der Waals surface area contributed by atoms with Crippen molar-refractivity contribution < 1.29 is 33.7 Å². The van der Waals surface area contributed by atoms with Crippen molar-refractivity contribution >= 4 is 5.91 Å². The van der Waals surface area contributed by atoms with Gasteiger partial charge in [0, 0.05) is 19.6 Å². The van der Waals surface area contributed by atoms with Crippen LogP contribution in [0.3, 0.4) is 0 Å². The molecule has 0 bridgehead atoms. The SMILES string of the molecule is CCCNC(=O)C[C@@H]1C[C@@]2(CO2)[C@H](OC(C)OCC)[C@@H](/C=C/C(C)=C/C[C@@H]2O[C@H](C)[C@H](NO)C[C@@H]2C)O1. The zero-order valence-electron chi connectivity index (χ0n) is 23.4. The Labute approximate surface area is 222 Å². The van der Waals surface area contributed by atoms with Gasteiger partial charge in [0.05, 0.1) is 37.4 Å². The van der Waals surface area contributed by atoms with E-state index in [9.17, 15) is 10.0 Å². The van der Waals surface area contributed by atoms with Crippen LogP contribution in [0.15, 0.2) is 23.8 Å². The number of hydrogen-bond acceptors (Lipinski definition) is 8. The highest BCUT2D eigenvalue weighted by Crippen LogP contribution is 2.45. The van der Waals surface area contributed by atoms with Gasteiger partial charge < -0.3 is 34.2 Å². The Morgan fingerprint density at radius 2 is 2.03 bits per heavy atom. The van der Waals surface area contributed by atoms with E-state index in [2.05, 4.69) is 36.8 Å². The number of nitrogens with one attached hydrogen (secondary N) is 2. The fourth-order valence-electron chi connectivity index (χ4n) is 5.32. The van der Waals surface area contributed by atoms with E-state index in [0.29, 0.717) is 38.5 Å². The first-order chi connectivity index (χ1) is 17.7. The van der Waals surface area contributed by atoms with Gasteiger partial charge in [-0.15, -0.1) is 0 Å². The van der Waals surface area contributed by atoms with Gasteiger partial charge in [0.15, 0.2) is 6.29 Å². The smallest absolute Gasteiger partial charge is 0.222 e. The van der Waals surface area contributed by atoms with Gasteiger partial charge in [-0.2, -0.15) is 5.48 Å². The molecule has 9 nitrogen and oxygen atoms in total. The number of carbonyl (C=O) groups is 1. The second-order valence-corrected chi connectivity index (χ2v) is 10.8. The van der Waals surface area contributed by atoms with Crippen LogP contribution in [0.2, 0.25) is 0 Å². The fraction of sp³-hybridized carbons (Fsp3) is 0.821. The maximum Gasteiger partial charge on any atom is 0.222 e. The van der Waals surface area contributed by atoms with Crippen molar-refractivity contribution in [3.63, 3.8) is 0 Å². The summed E-state index contributed by atoms with van der Waals surface area (Å²) in [5, 5.41) is 12.3. The number of ether oxygens (including phenoxy) is 5. The van der Waals surface area contributed by atoms with Crippen molar-refractivity contribution in [2.45, 2.75) is 122 Å². The molecule has 3 saturated heterocycles. The predicted molar refractivity (Wildman–Crippen MR) is 140 cm³/mol. The van der Waals surface area contributed by atoms with Crippen LogP contribution in [0.5, 0.6) is 0 Å². The summed E-state index contributed by atoms with van der Waals surface area (Å²) in [4.78, 5) is 12.4. The van der Waals surface area contributed by atoms with Gasteiger partial charge in [-0.1, -0.05) is 37.6 Å². The average Bonchev–Trinajstić information content (AvgIpc) is 3.63. The van der Waals surface area contributed by atoms with Crippen LogP contribution in [0, 0.1) is 5.92 Å². The van der Waals surface area contributed by atoms with Gasteiger partial charge in [-0.05, 0) is 52.9 Å². The fourth-order valence-corrected chi connectivity index (χ4v) is 5.32. The van der Waals surface area contributed by atoms with Crippen LogP contribution in [-0.2, 0) is 28.5 Å². The maximum absolute atomic E-state index is 12.4. The van der Waals surface area contributed by atoms with Gasteiger partial charge in [-0.3, -0.25) is 4.79 Å². The van der Waals surface area contributed by atoms with E-state index in [4.69, 9.17) is 23.7 Å². The molecule has 0 aliphatic carbocycles. The van der Waals surface area contributed by atoms with E-state index < -0.39 is 5.60 Å². The van der Waals surface area contributed by atoms with Crippen molar-refractivity contribution in [2.24, 2.45) is 5.92 Å². The first kappa shape index (κ1) is 30.2. The minimum Gasteiger partial charge on any atom is -0.373 e. The zero-order chi connectivity index (χ0) is 27.0. The third-order valence-electron chi connectivity index (χ3n) is 7.58. The lowest BCUT2D eigenvalue weighted by atomic mass is 9.87. The van der Waals surface area contributed by atoms with Crippen LogP contribution < -0.4 is 10.8 Å². The Morgan fingerprint density at radius 3 is 2.68 bits per heavy atom. The number of rotatable bonds is 13. The Balaban J connectivity index is 1.67. The molecule has 1 unspecified atom stereocenters. The van der Waals surface area contributed by atoms with Crippen molar-refractivity contribution in [2.75, 3.05) is 19.8 Å². The summed E-state index contributed by atoms with van der Waals surface area (Å²) in [6.45, 7) is 13.9. The molecule has 1 spiro atoms. The normalized spacial score (nSPS) is 37.2. The van der Waals surface area contributed by atoms with E-state index in [-0.39, 0.29) is 48.8 Å². The van der Waals surface area contributed by atoms with E-state index in [1.54, 1.807) is 0 Å². The third kappa shape index (κ3) is 8.58. The molecule has 0 radical (unpaired) electrons. The molecular formula is C28H48N2O7. The molecule has 37 heavy (non-hydrogen) atoms. The maximum atomic E-state index is 12.4. The molecule has 3 heterocycles. The van der Waals surface area contributed by atoms with E-state index in [1.807, 2.05) is 33.8 Å². The van der Waals surface area contributed by atoms with Crippen LogP contribution in [0.4, 0.5) is 0 Å². The largest absolute Gasteiger partial charge is 0.373 e. The lowest BCUT2D eigenvalue weighted by Gasteiger charge is -2.40. The minimum absolute atomic E-state index is 0.00187. The van der Waals surface area contributed by atoms with Gasteiger partial charge in [0.2, 0.25) is 5.91 Å². The molecule has 0 aromatic rings. The van der Waals surface area contributed by atoms with Crippen molar-refractivity contribution in [3.8, 4) is 0 Å². The average molecular weight is 525 g/mol. The lowest BCUT2D eigenvalue weighted by Crippen LogP contribution is -2.53. The summed E-state index contributed by atoms with van der Waals surface area (Å²) >= 11 is 0. The minimum atomic E-state index is -0.454. The topological polar surface area (TPSA) is 111 Å². The van der Waals surface area contributed by atoms with Crippen LogP contribution in [0.1, 0.15) is 73.6 Å². The third-order valence-corrected chi connectivity index (χ3v) is 7.58. The van der Waals surface area contributed by atoms with Gasteiger partial charge in [-0.25, -0.2) is 0 Å². The van der Waals surface area contributed by atoms with Gasteiger partial charge >= 0.3 is 0 Å². The molecule has 3 aliphatic rings. The highest BCUT2D eigenvalue weighted by Gasteiger charge is 2.60. The number of hydroxylamine groups is 1. The Morgan fingerprint density at radius 1 is 1.27 bits per heavy atom. The monoisotopic (exact) mass is 524 g/mol. The van der Waals surface area contributed by atoms with Crippen LogP contribution in [0.25, 0.3) is 0 Å². The Bertz CT molecular complexity index is 784. The summed E-state index contributed by atoms with van der Waals surface area (Å²) < 4.78 is 30.4. The van der Waals surface area contributed by atoms with E-state index in [0.717, 1.165) is 24.8 Å². The summed E-state index contributed by atoms with van der Waals surface area (Å²) in [6, 6.07) is -0.0374. The first-order valence-electron chi connectivity index (χ1n) is 13.9. The Hall–Kier alpha value is -1.33. The quantitative estimate of drug-likeness (QED) is 0.145. The molecule has 0 saturated carbocycles. The van der Waals surface area contributed by atoms with Gasteiger partial charge in [0.1, 0.15) is 17.8 Å². The van der Waals surface area contributed by atoms with Crippen molar-refractivity contribution in [1.82, 2.24) is 10.8 Å². The molecule has 0 aromatic carbocycles. The summed E-state index contributed by atoms with van der Waals surface area (Å²) in [7, 11) is 0. The number of hydrogen-bond donors (Lipinski definition) is 3. The second kappa shape index (κ2) is 14.2. The number of carbonyl (C=O) groups excluding carboxylic acids is 1. The molecule has 3 aliphatic heterocycles. The highest BCUT2D eigenvalue weighted by atomic mass is 16.7. The molecule has 9 heteroatoms.